The van der Waals surface area contributed by atoms with E-state index in [-0.39, 0.29) is 5.78 Å². The molecule has 1 aromatic carbocycles. The fourth-order valence-corrected chi connectivity index (χ4v) is 2.03. The highest BCUT2D eigenvalue weighted by molar-refractivity contribution is 6.07. The van der Waals surface area contributed by atoms with E-state index < -0.39 is 0 Å². The van der Waals surface area contributed by atoms with E-state index in [9.17, 15) is 4.79 Å². The van der Waals surface area contributed by atoms with Gasteiger partial charge in [-0.05, 0) is 27.1 Å². The Labute approximate surface area is 129 Å². The summed E-state index contributed by atoms with van der Waals surface area (Å²) < 4.78 is 6.88. The van der Waals surface area contributed by atoms with Gasteiger partial charge in [0.05, 0.1) is 0 Å². The van der Waals surface area contributed by atoms with E-state index in [1.165, 1.54) is 12.3 Å². The molecule has 0 bridgehead atoms. The van der Waals surface area contributed by atoms with Crippen LogP contribution in [0.1, 0.15) is 16.1 Å². The second kappa shape index (κ2) is 6.87. The normalized spacial score (nSPS) is 10.1. The third-order valence-corrected chi connectivity index (χ3v) is 3.01. The number of nitrogens with one attached hydrogen (secondary N) is 1. The Hall–Kier alpha value is -2.66. The number of aryl methyl sites for hydroxylation is 1. The molecule has 114 valence electrons. The summed E-state index contributed by atoms with van der Waals surface area (Å²) in [6.45, 7) is 5.55. The lowest BCUT2D eigenvalue weighted by molar-refractivity contribution is 0.104. The first kappa shape index (κ1) is 15.7. The maximum Gasteiger partial charge on any atom is 0.306 e. The molecule has 2 aromatic heterocycles. The smallest absolute Gasteiger partial charge is 0.306 e. The molecule has 0 saturated heterocycles. The van der Waals surface area contributed by atoms with Gasteiger partial charge in [0, 0.05) is 11.8 Å². The molecule has 2 heterocycles. The fourth-order valence-electron chi connectivity index (χ4n) is 2.03. The van der Waals surface area contributed by atoms with Crippen molar-refractivity contribution in [2.45, 2.75) is 6.92 Å². The van der Waals surface area contributed by atoms with Crippen molar-refractivity contribution in [3.8, 4) is 11.3 Å². The van der Waals surface area contributed by atoms with Crippen LogP contribution >= 0.6 is 0 Å². The van der Waals surface area contributed by atoms with Crippen molar-refractivity contribution in [1.82, 2.24) is 14.7 Å². The van der Waals surface area contributed by atoms with E-state index in [0.717, 1.165) is 11.1 Å². The third kappa shape index (κ3) is 2.99. The van der Waals surface area contributed by atoms with E-state index in [1.54, 1.807) is 10.6 Å². The molecule has 5 nitrogen and oxygen atoms in total. The van der Waals surface area contributed by atoms with Crippen molar-refractivity contribution in [1.29, 1.82) is 0 Å². The Morgan fingerprint density at radius 3 is 2.55 bits per heavy atom. The molecular formula is C17H19N3O2. The van der Waals surface area contributed by atoms with Crippen LogP contribution in [0.25, 0.3) is 17.1 Å². The van der Waals surface area contributed by atoms with E-state index in [4.69, 9.17) is 4.42 Å². The average molecular weight is 297 g/mol. The summed E-state index contributed by atoms with van der Waals surface area (Å²) in [4.78, 5) is 16.4. The number of aromatic nitrogens is 2. The molecule has 22 heavy (non-hydrogen) atoms. The van der Waals surface area contributed by atoms with E-state index in [0.29, 0.717) is 17.2 Å². The number of hydrogen-bond acceptors (Lipinski definition) is 4. The highest BCUT2D eigenvalue weighted by Crippen LogP contribution is 2.25. The molecule has 0 aliphatic rings. The number of ketones is 1. The molecular weight excluding hydrogens is 278 g/mol. The predicted octanol–water partition coefficient (Wildman–Crippen LogP) is 3.11. The molecule has 0 fully saturated rings. The van der Waals surface area contributed by atoms with Crippen LogP contribution < -0.4 is 5.32 Å². The number of nitrogens with zero attached hydrogens (tertiary/aromatic N) is 2. The number of imidazole rings is 1. The SMILES string of the molecule is C=CC(=O)c1c(-c2ccc(C)cc2)nc2occn12.CNC. The monoisotopic (exact) mass is 297 g/mol. The van der Waals surface area contributed by atoms with Gasteiger partial charge in [-0.25, -0.2) is 0 Å². The molecule has 5 heteroatoms. The Kier molecular flexibility index (Phi) is 4.91. The van der Waals surface area contributed by atoms with Crippen molar-refractivity contribution in [3.05, 3.63) is 60.6 Å². The summed E-state index contributed by atoms with van der Waals surface area (Å²) >= 11 is 0. The Morgan fingerprint density at radius 2 is 1.95 bits per heavy atom. The highest BCUT2D eigenvalue weighted by Gasteiger charge is 2.19. The Bertz CT molecular complexity index is 782. The molecule has 1 N–H and O–H groups in total. The van der Waals surface area contributed by atoms with Gasteiger partial charge in [-0.1, -0.05) is 36.4 Å². The van der Waals surface area contributed by atoms with Gasteiger partial charge in [-0.15, -0.1) is 0 Å². The zero-order chi connectivity index (χ0) is 16.1. The minimum atomic E-state index is -0.176. The first-order valence-electron chi connectivity index (χ1n) is 6.90. The minimum Gasteiger partial charge on any atom is -0.432 e. The second-order valence-electron chi connectivity index (χ2n) is 4.80. The maximum atomic E-state index is 12.0. The largest absolute Gasteiger partial charge is 0.432 e. The van der Waals surface area contributed by atoms with Gasteiger partial charge < -0.3 is 9.73 Å². The molecule has 0 unspecified atom stereocenters. The molecule has 0 saturated carbocycles. The van der Waals surface area contributed by atoms with Gasteiger partial charge in [0.1, 0.15) is 17.7 Å². The van der Waals surface area contributed by atoms with Gasteiger partial charge in [-0.3, -0.25) is 9.20 Å². The minimum absolute atomic E-state index is 0.176. The third-order valence-electron chi connectivity index (χ3n) is 3.01. The first-order valence-corrected chi connectivity index (χ1v) is 6.90. The van der Waals surface area contributed by atoms with Crippen LogP contribution in [0.3, 0.4) is 0 Å². The van der Waals surface area contributed by atoms with Crippen LogP contribution in [-0.4, -0.2) is 29.3 Å². The van der Waals surface area contributed by atoms with E-state index in [2.05, 4.69) is 16.9 Å². The summed E-state index contributed by atoms with van der Waals surface area (Å²) in [7, 11) is 3.75. The van der Waals surface area contributed by atoms with Gasteiger partial charge in [0.25, 0.3) is 0 Å². The summed E-state index contributed by atoms with van der Waals surface area (Å²) in [6.07, 6.45) is 4.46. The molecule has 3 aromatic rings. The van der Waals surface area contributed by atoms with Gasteiger partial charge >= 0.3 is 5.84 Å². The standard InChI is InChI=1S/C15H12N2O2.C2H7N/c1-3-12(18)14-13(11-6-4-10(2)5-7-11)16-15-17(14)8-9-19-15;1-3-2/h3-9H,1H2,2H3;3H,1-2H3. The molecule has 0 atom stereocenters. The van der Waals surface area contributed by atoms with Crippen LogP contribution in [0.4, 0.5) is 0 Å². The zero-order valence-electron chi connectivity index (χ0n) is 13.0. The Morgan fingerprint density at radius 1 is 1.32 bits per heavy atom. The van der Waals surface area contributed by atoms with Crippen LogP contribution in [0.2, 0.25) is 0 Å². The summed E-state index contributed by atoms with van der Waals surface area (Å²) in [5.74, 6) is 0.227. The lowest BCUT2D eigenvalue weighted by Crippen LogP contribution is -2.00. The maximum absolute atomic E-state index is 12.0. The van der Waals surface area contributed by atoms with E-state index >= 15 is 0 Å². The van der Waals surface area contributed by atoms with Crippen LogP contribution in [-0.2, 0) is 0 Å². The van der Waals surface area contributed by atoms with Crippen molar-refractivity contribution in [2.75, 3.05) is 14.1 Å². The fraction of sp³-hybridized carbons (Fsp3) is 0.176. The second-order valence-corrected chi connectivity index (χ2v) is 4.80. The van der Waals surface area contributed by atoms with Crippen molar-refractivity contribution in [2.24, 2.45) is 0 Å². The quantitative estimate of drug-likeness (QED) is 0.596. The van der Waals surface area contributed by atoms with Crippen LogP contribution in [0.5, 0.6) is 0 Å². The summed E-state index contributed by atoms with van der Waals surface area (Å²) in [6, 6.07) is 7.85. The van der Waals surface area contributed by atoms with Crippen molar-refractivity contribution >= 4 is 11.6 Å². The molecule has 0 aliphatic carbocycles. The van der Waals surface area contributed by atoms with E-state index in [1.807, 2.05) is 45.3 Å². The van der Waals surface area contributed by atoms with Gasteiger partial charge in [0.2, 0.25) is 5.78 Å². The molecule has 0 aliphatic heterocycles. The van der Waals surface area contributed by atoms with Gasteiger partial charge in [-0.2, -0.15) is 4.98 Å². The predicted molar refractivity (Wildman–Crippen MR) is 87.1 cm³/mol. The number of rotatable bonds is 3. The molecule has 0 spiro atoms. The van der Waals surface area contributed by atoms with Crippen LogP contribution in [0, 0.1) is 6.92 Å². The molecule has 0 radical (unpaired) electrons. The molecule has 0 amide bonds. The average Bonchev–Trinajstić information content (AvgIpc) is 3.08. The van der Waals surface area contributed by atoms with Crippen molar-refractivity contribution < 1.29 is 9.21 Å². The van der Waals surface area contributed by atoms with Crippen LogP contribution in [0.15, 0.2) is 53.8 Å². The topological polar surface area (TPSA) is 59.5 Å². The number of carbonyl (C=O) groups is 1. The lowest BCUT2D eigenvalue weighted by Gasteiger charge is -2.01. The van der Waals surface area contributed by atoms with Gasteiger partial charge in [0.15, 0.2) is 0 Å². The molecule has 3 rings (SSSR count). The number of fused-ring (bicyclic) bond motifs is 1. The Balaban J connectivity index is 0.000000545. The van der Waals surface area contributed by atoms with Crippen molar-refractivity contribution in [3.63, 3.8) is 0 Å². The first-order chi connectivity index (χ1) is 10.6. The lowest BCUT2D eigenvalue weighted by atomic mass is 10.1. The number of oxazole rings is 1. The summed E-state index contributed by atoms with van der Waals surface area (Å²) in [5, 5.41) is 2.75. The highest BCUT2D eigenvalue weighted by atomic mass is 16.3. The number of allylic oxidation sites excluding steroid dienone is 1. The number of benzene rings is 1. The summed E-state index contributed by atoms with van der Waals surface area (Å²) in [5.41, 5.74) is 3.13. The number of carbonyl (C=O) groups excluding carboxylic acids is 1. The zero-order valence-corrected chi connectivity index (χ0v) is 13.0. The number of hydrogen-bond donors (Lipinski definition) is 1.